The van der Waals surface area contributed by atoms with Gasteiger partial charge in [-0.1, -0.05) is 68.3 Å². The highest BCUT2D eigenvalue weighted by atomic mass is 35.5. The summed E-state index contributed by atoms with van der Waals surface area (Å²) in [6, 6.07) is 9.84. The molecule has 0 bridgehead atoms. The Balaban J connectivity index is 1.57. The highest BCUT2D eigenvalue weighted by molar-refractivity contribution is 6.36. The summed E-state index contributed by atoms with van der Waals surface area (Å²) < 4.78 is 5.73. The quantitative estimate of drug-likeness (QED) is 0.183. The third-order valence-electron chi connectivity index (χ3n) is 7.23. The summed E-state index contributed by atoms with van der Waals surface area (Å²) in [4.78, 5) is 32.9. The number of ether oxygens (including phenoxy) is 1. The number of rotatable bonds is 13. The van der Waals surface area contributed by atoms with Gasteiger partial charge in [0.1, 0.15) is 17.1 Å². The van der Waals surface area contributed by atoms with E-state index in [1.165, 1.54) is 25.7 Å². The summed E-state index contributed by atoms with van der Waals surface area (Å²) in [7, 11) is 0. The number of aromatic nitrogens is 2. The Morgan fingerprint density at radius 1 is 1.18 bits per heavy atom. The number of H-pyrrole nitrogens is 1. The molecule has 3 N–H and O–H groups in total. The lowest BCUT2D eigenvalue weighted by atomic mass is 9.98. The fraction of sp³-hybridized carbons (Fsp3) is 0.433. The second-order valence-corrected chi connectivity index (χ2v) is 11.0. The lowest BCUT2D eigenvalue weighted by molar-refractivity contribution is -0.122. The molecule has 0 saturated heterocycles. The smallest absolute Gasteiger partial charge is 0.339 e. The monoisotopic (exact) mass is 571 g/mol. The van der Waals surface area contributed by atoms with Crippen LogP contribution in [0.1, 0.15) is 86.1 Å². The van der Waals surface area contributed by atoms with Crippen LogP contribution in [0.5, 0.6) is 5.75 Å². The van der Waals surface area contributed by atoms with Crippen LogP contribution in [-0.4, -0.2) is 33.6 Å². The van der Waals surface area contributed by atoms with E-state index in [4.69, 9.17) is 27.9 Å². The molecule has 0 spiro atoms. The van der Waals surface area contributed by atoms with Crippen LogP contribution < -0.4 is 10.1 Å². The van der Waals surface area contributed by atoms with E-state index >= 15 is 0 Å². The lowest BCUT2D eigenvalue weighted by Crippen LogP contribution is -2.30. The molecule has 1 saturated carbocycles. The highest BCUT2D eigenvalue weighted by Crippen LogP contribution is 2.31. The van der Waals surface area contributed by atoms with E-state index in [0.29, 0.717) is 52.5 Å². The predicted octanol–water partition coefficient (Wildman–Crippen LogP) is 7.63. The normalized spacial score (nSPS) is 14.3. The first-order valence-electron chi connectivity index (χ1n) is 13.6. The lowest BCUT2D eigenvalue weighted by Gasteiger charge is -2.20. The van der Waals surface area contributed by atoms with Crippen LogP contribution >= 0.6 is 23.2 Å². The first-order valence-corrected chi connectivity index (χ1v) is 14.4. The minimum absolute atomic E-state index is 0.0560. The molecule has 39 heavy (non-hydrogen) atoms. The average molecular weight is 573 g/mol. The number of carbonyl (C=O) groups is 2. The maximum Gasteiger partial charge on any atom is 0.339 e. The number of carboxylic acids is 1. The molecule has 7 nitrogen and oxygen atoms in total. The summed E-state index contributed by atoms with van der Waals surface area (Å²) in [5.74, 6) is 0.428. The number of carboxylic acid groups (broad SMARTS) is 1. The zero-order valence-electron chi connectivity index (χ0n) is 22.1. The Bertz CT molecular complexity index is 1290. The van der Waals surface area contributed by atoms with E-state index < -0.39 is 12.0 Å². The summed E-state index contributed by atoms with van der Waals surface area (Å²) in [5.41, 5.74) is 2.23. The van der Waals surface area contributed by atoms with E-state index in [1.807, 2.05) is 19.1 Å². The van der Waals surface area contributed by atoms with E-state index in [0.717, 1.165) is 30.5 Å². The highest BCUT2D eigenvalue weighted by Gasteiger charge is 2.23. The fourth-order valence-electron chi connectivity index (χ4n) is 5.04. The molecule has 1 aliphatic rings. The van der Waals surface area contributed by atoms with Gasteiger partial charge in [0, 0.05) is 23.4 Å². The molecule has 1 amide bonds. The Morgan fingerprint density at radius 3 is 2.69 bits per heavy atom. The van der Waals surface area contributed by atoms with Crippen molar-refractivity contribution >= 4 is 35.1 Å². The van der Waals surface area contributed by atoms with Crippen LogP contribution in [-0.2, 0) is 11.2 Å². The van der Waals surface area contributed by atoms with Gasteiger partial charge in [-0.2, -0.15) is 0 Å². The molecule has 3 aromatic rings. The number of halogens is 2. The predicted molar refractivity (Wildman–Crippen MR) is 154 cm³/mol. The zero-order chi connectivity index (χ0) is 27.8. The van der Waals surface area contributed by atoms with Crippen molar-refractivity contribution < 1.29 is 19.4 Å². The van der Waals surface area contributed by atoms with E-state index in [1.54, 1.807) is 30.5 Å². The molecule has 1 fully saturated rings. The molecule has 1 aliphatic carbocycles. The molecular formula is C30H35Cl2N3O4. The number of unbranched alkanes of at least 4 members (excludes halogenated alkanes) is 1. The van der Waals surface area contributed by atoms with Gasteiger partial charge in [-0.3, -0.25) is 4.79 Å². The Labute approximate surface area is 239 Å². The number of hydrogen-bond donors (Lipinski definition) is 3. The zero-order valence-corrected chi connectivity index (χ0v) is 23.7. The number of aromatic carboxylic acids is 1. The number of amides is 1. The maximum absolute atomic E-state index is 13.0. The fourth-order valence-corrected chi connectivity index (χ4v) is 5.55. The van der Waals surface area contributed by atoms with Crippen molar-refractivity contribution in [2.75, 3.05) is 6.61 Å². The SMILES string of the molecule is CCCCOc1ccc(C(Cc2ncc(-c3ccc(Cl)cc3Cl)[nH]2)NC(=O)CCC2CCCC2)cc1C(=O)O. The molecule has 2 aromatic carbocycles. The molecule has 208 valence electrons. The van der Waals surface area contributed by atoms with Crippen molar-refractivity contribution in [1.29, 1.82) is 0 Å². The molecule has 1 heterocycles. The van der Waals surface area contributed by atoms with Gasteiger partial charge in [-0.25, -0.2) is 9.78 Å². The van der Waals surface area contributed by atoms with Gasteiger partial charge >= 0.3 is 5.97 Å². The van der Waals surface area contributed by atoms with Gasteiger partial charge < -0.3 is 20.1 Å². The third kappa shape index (κ3) is 7.99. The summed E-state index contributed by atoms with van der Waals surface area (Å²) in [6.45, 7) is 2.49. The van der Waals surface area contributed by atoms with Crippen molar-refractivity contribution in [3.05, 3.63) is 69.6 Å². The Kier molecular flexibility index (Phi) is 10.3. The third-order valence-corrected chi connectivity index (χ3v) is 7.78. The van der Waals surface area contributed by atoms with Crippen molar-refractivity contribution in [2.24, 2.45) is 5.92 Å². The van der Waals surface area contributed by atoms with Gasteiger partial charge in [0.2, 0.25) is 5.91 Å². The first-order chi connectivity index (χ1) is 18.8. The van der Waals surface area contributed by atoms with Gasteiger partial charge in [-0.05, 0) is 54.7 Å². The number of hydrogen-bond acceptors (Lipinski definition) is 4. The molecule has 1 atom stereocenters. The Morgan fingerprint density at radius 2 is 1.97 bits per heavy atom. The summed E-state index contributed by atoms with van der Waals surface area (Å²) >= 11 is 12.4. The molecule has 1 aromatic heterocycles. The average Bonchev–Trinajstić information content (AvgIpc) is 3.60. The topological polar surface area (TPSA) is 104 Å². The Hall–Kier alpha value is -3.03. The van der Waals surface area contributed by atoms with Crippen molar-refractivity contribution in [1.82, 2.24) is 15.3 Å². The number of imidazole rings is 1. The van der Waals surface area contributed by atoms with Gasteiger partial charge in [0.05, 0.1) is 29.6 Å². The molecular weight excluding hydrogens is 537 g/mol. The number of nitrogens with one attached hydrogen (secondary N) is 2. The van der Waals surface area contributed by atoms with Crippen molar-refractivity contribution in [3.8, 4) is 17.0 Å². The second-order valence-electron chi connectivity index (χ2n) is 10.1. The molecule has 0 aliphatic heterocycles. The second kappa shape index (κ2) is 13.9. The number of nitrogens with zero attached hydrogens (tertiary/aromatic N) is 1. The summed E-state index contributed by atoms with van der Waals surface area (Å²) in [6.07, 6.45) is 9.95. The molecule has 1 unspecified atom stereocenters. The minimum Gasteiger partial charge on any atom is -0.493 e. The van der Waals surface area contributed by atoms with Crippen LogP contribution in [0.15, 0.2) is 42.6 Å². The maximum atomic E-state index is 13.0. The van der Waals surface area contributed by atoms with Gasteiger partial charge in [0.25, 0.3) is 0 Å². The van der Waals surface area contributed by atoms with Crippen molar-refractivity contribution in [2.45, 2.75) is 70.8 Å². The molecule has 9 heteroatoms. The van der Waals surface area contributed by atoms with E-state index in [9.17, 15) is 14.7 Å². The van der Waals surface area contributed by atoms with Crippen molar-refractivity contribution in [3.63, 3.8) is 0 Å². The number of carbonyl (C=O) groups excluding carboxylic acids is 1. The first kappa shape index (κ1) is 29.0. The minimum atomic E-state index is -1.08. The van der Waals surface area contributed by atoms with Gasteiger partial charge in [0.15, 0.2) is 0 Å². The number of benzene rings is 2. The number of aromatic amines is 1. The largest absolute Gasteiger partial charge is 0.493 e. The molecule has 0 radical (unpaired) electrons. The standard InChI is InChI=1S/C30H35Cl2N3O4/c1-2-3-14-39-27-12-9-20(15-23(27)30(37)38)25(35-29(36)13-8-19-6-4-5-7-19)17-28-33-18-26(34-28)22-11-10-21(31)16-24(22)32/h9-12,15-16,18-19,25H,2-8,13-14,17H2,1H3,(H,33,34)(H,35,36)(H,37,38). The van der Waals surface area contributed by atoms with Crippen LogP contribution in [0, 0.1) is 5.92 Å². The van der Waals surface area contributed by atoms with Crippen LogP contribution in [0.3, 0.4) is 0 Å². The van der Waals surface area contributed by atoms with Crippen LogP contribution in [0.2, 0.25) is 10.0 Å². The summed E-state index contributed by atoms with van der Waals surface area (Å²) in [5, 5.41) is 14.0. The molecule has 4 rings (SSSR count). The van der Waals surface area contributed by atoms with Gasteiger partial charge in [-0.15, -0.1) is 0 Å². The van der Waals surface area contributed by atoms with E-state index in [-0.39, 0.29) is 11.5 Å². The van der Waals surface area contributed by atoms with Crippen LogP contribution in [0.25, 0.3) is 11.3 Å². The van der Waals surface area contributed by atoms with Crippen LogP contribution in [0.4, 0.5) is 0 Å². The van der Waals surface area contributed by atoms with E-state index in [2.05, 4.69) is 15.3 Å².